The van der Waals surface area contributed by atoms with Crippen molar-refractivity contribution >= 4 is 5.82 Å². The summed E-state index contributed by atoms with van der Waals surface area (Å²) >= 11 is 0. The maximum Gasteiger partial charge on any atom is 0.132 e. The van der Waals surface area contributed by atoms with Crippen molar-refractivity contribution in [2.75, 3.05) is 31.1 Å². The topological polar surface area (TPSA) is 48.4 Å². The standard InChI is InChI=1S/C15H27N3O/c1-4-18(9-6-10-19)15-14(7-5-8-17-15)12-16-11-13(2)3/h5,7-8,13,16,19H,4,6,9-12H2,1-3H3. The van der Waals surface area contributed by atoms with Crippen LogP contribution in [-0.2, 0) is 6.54 Å². The van der Waals surface area contributed by atoms with E-state index in [4.69, 9.17) is 5.11 Å². The van der Waals surface area contributed by atoms with Gasteiger partial charge in [0.05, 0.1) is 0 Å². The summed E-state index contributed by atoms with van der Waals surface area (Å²) in [6, 6.07) is 4.10. The lowest BCUT2D eigenvalue weighted by molar-refractivity contribution is 0.289. The average molecular weight is 265 g/mol. The molecule has 0 amide bonds. The first-order chi connectivity index (χ1) is 9.19. The van der Waals surface area contributed by atoms with Crippen LogP contribution in [0.5, 0.6) is 0 Å². The maximum absolute atomic E-state index is 8.97. The molecule has 0 aliphatic rings. The monoisotopic (exact) mass is 265 g/mol. The summed E-state index contributed by atoms with van der Waals surface area (Å²) in [5.74, 6) is 1.69. The Labute approximate surface area is 116 Å². The van der Waals surface area contributed by atoms with E-state index in [1.807, 2.05) is 12.3 Å². The van der Waals surface area contributed by atoms with Crippen molar-refractivity contribution in [2.24, 2.45) is 5.92 Å². The van der Waals surface area contributed by atoms with E-state index < -0.39 is 0 Å². The second kappa shape index (κ2) is 8.88. The number of nitrogens with zero attached hydrogens (tertiary/aromatic N) is 2. The maximum atomic E-state index is 8.97. The predicted octanol–water partition coefficient (Wildman–Crippen LogP) is 2.04. The van der Waals surface area contributed by atoms with Crippen molar-refractivity contribution in [1.82, 2.24) is 10.3 Å². The molecular weight excluding hydrogens is 238 g/mol. The summed E-state index contributed by atoms with van der Waals surface area (Å²) in [6.45, 7) is 10.4. The minimum absolute atomic E-state index is 0.226. The highest BCUT2D eigenvalue weighted by molar-refractivity contribution is 5.46. The molecule has 0 aliphatic heterocycles. The van der Waals surface area contributed by atoms with Gasteiger partial charge in [0.2, 0.25) is 0 Å². The third-order valence-electron chi connectivity index (χ3n) is 3.00. The summed E-state index contributed by atoms with van der Waals surface area (Å²) in [5.41, 5.74) is 1.22. The van der Waals surface area contributed by atoms with Gasteiger partial charge in [-0.2, -0.15) is 0 Å². The molecule has 1 aromatic heterocycles. The molecule has 1 heterocycles. The molecule has 1 rings (SSSR count). The van der Waals surface area contributed by atoms with Crippen LogP contribution in [-0.4, -0.2) is 36.3 Å². The fraction of sp³-hybridized carbons (Fsp3) is 0.667. The summed E-state index contributed by atoms with van der Waals surface area (Å²) in [6.07, 6.45) is 2.62. The van der Waals surface area contributed by atoms with Crippen molar-refractivity contribution in [3.05, 3.63) is 23.9 Å². The zero-order valence-electron chi connectivity index (χ0n) is 12.4. The molecule has 4 heteroatoms. The normalized spacial score (nSPS) is 11.0. The van der Waals surface area contributed by atoms with Gasteiger partial charge in [0.15, 0.2) is 0 Å². The first kappa shape index (κ1) is 15.9. The number of aliphatic hydroxyl groups is 1. The van der Waals surface area contributed by atoms with Crippen molar-refractivity contribution < 1.29 is 5.11 Å². The van der Waals surface area contributed by atoms with Crippen molar-refractivity contribution in [2.45, 2.75) is 33.7 Å². The van der Waals surface area contributed by atoms with Crippen molar-refractivity contribution in [3.8, 4) is 0 Å². The van der Waals surface area contributed by atoms with E-state index in [0.29, 0.717) is 5.92 Å². The first-order valence-corrected chi connectivity index (χ1v) is 7.19. The number of anilines is 1. The van der Waals surface area contributed by atoms with Gasteiger partial charge in [0, 0.05) is 38.0 Å². The molecule has 0 bridgehead atoms. The largest absolute Gasteiger partial charge is 0.396 e. The summed E-state index contributed by atoms with van der Waals surface area (Å²) in [5, 5.41) is 12.4. The Hall–Kier alpha value is -1.13. The van der Waals surface area contributed by atoms with Crippen LogP contribution in [0.4, 0.5) is 5.82 Å². The number of nitrogens with one attached hydrogen (secondary N) is 1. The molecule has 0 spiro atoms. The smallest absolute Gasteiger partial charge is 0.132 e. The van der Waals surface area contributed by atoms with Crippen molar-refractivity contribution in [1.29, 1.82) is 0 Å². The lowest BCUT2D eigenvalue weighted by Gasteiger charge is -2.24. The van der Waals surface area contributed by atoms with Crippen LogP contribution in [0.2, 0.25) is 0 Å². The third kappa shape index (κ3) is 5.57. The second-order valence-electron chi connectivity index (χ2n) is 5.17. The van der Waals surface area contributed by atoms with E-state index in [0.717, 1.165) is 38.4 Å². The van der Waals surface area contributed by atoms with Crippen LogP contribution in [0.25, 0.3) is 0 Å². The number of hydrogen-bond acceptors (Lipinski definition) is 4. The molecular formula is C15H27N3O. The quantitative estimate of drug-likeness (QED) is 0.717. The average Bonchev–Trinajstić information content (AvgIpc) is 2.40. The Bertz CT molecular complexity index is 355. The Kier molecular flexibility index (Phi) is 7.45. The highest BCUT2D eigenvalue weighted by atomic mass is 16.3. The van der Waals surface area contributed by atoms with Crippen LogP contribution < -0.4 is 10.2 Å². The van der Waals surface area contributed by atoms with Gasteiger partial charge >= 0.3 is 0 Å². The Balaban J connectivity index is 2.69. The molecule has 0 aliphatic carbocycles. The van der Waals surface area contributed by atoms with Gasteiger partial charge in [0.1, 0.15) is 5.82 Å². The Morgan fingerprint density at radius 2 is 2.21 bits per heavy atom. The minimum atomic E-state index is 0.226. The number of pyridine rings is 1. The summed E-state index contributed by atoms with van der Waals surface area (Å²) < 4.78 is 0. The zero-order valence-corrected chi connectivity index (χ0v) is 12.4. The van der Waals surface area contributed by atoms with Crippen LogP contribution in [0.1, 0.15) is 32.8 Å². The predicted molar refractivity (Wildman–Crippen MR) is 80.4 cm³/mol. The number of hydrogen-bond donors (Lipinski definition) is 2. The lowest BCUT2D eigenvalue weighted by atomic mass is 10.2. The molecule has 0 unspecified atom stereocenters. The van der Waals surface area contributed by atoms with E-state index in [2.05, 4.69) is 42.0 Å². The third-order valence-corrected chi connectivity index (χ3v) is 3.00. The Morgan fingerprint density at radius 1 is 1.42 bits per heavy atom. The molecule has 2 N–H and O–H groups in total. The van der Waals surface area contributed by atoms with Gasteiger partial charge < -0.3 is 15.3 Å². The van der Waals surface area contributed by atoms with E-state index >= 15 is 0 Å². The van der Waals surface area contributed by atoms with Gasteiger partial charge in [-0.1, -0.05) is 19.9 Å². The molecule has 0 radical (unpaired) electrons. The number of rotatable bonds is 9. The summed E-state index contributed by atoms with van der Waals surface area (Å²) in [7, 11) is 0. The van der Waals surface area contributed by atoms with Gasteiger partial charge in [-0.15, -0.1) is 0 Å². The Morgan fingerprint density at radius 3 is 2.84 bits per heavy atom. The molecule has 1 aromatic rings. The van der Waals surface area contributed by atoms with Crippen LogP contribution in [0, 0.1) is 5.92 Å². The van der Waals surface area contributed by atoms with E-state index in [1.165, 1.54) is 5.56 Å². The van der Waals surface area contributed by atoms with Gasteiger partial charge in [0.25, 0.3) is 0 Å². The van der Waals surface area contributed by atoms with E-state index in [1.54, 1.807) is 0 Å². The first-order valence-electron chi connectivity index (χ1n) is 7.19. The van der Waals surface area contributed by atoms with Crippen LogP contribution in [0.15, 0.2) is 18.3 Å². The highest BCUT2D eigenvalue weighted by Crippen LogP contribution is 2.17. The van der Waals surface area contributed by atoms with Gasteiger partial charge in [-0.05, 0) is 31.9 Å². The molecule has 0 saturated heterocycles. The number of aromatic nitrogens is 1. The minimum Gasteiger partial charge on any atom is -0.396 e. The second-order valence-corrected chi connectivity index (χ2v) is 5.17. The fourth-order valence-corrected chi connectivity index (χ4v) is 2.02. The molecule has 19 heavy (non-hydrogen) atoms. The van der Waals surface area contributed by atoms with E-state index in [-0.39, 0.29) is 6.61 Å². The SMILES string of the molecule is CCN(CCCO)c1ncccc1CNCC(C)C. The lowest BCUT2D eigenvalue weighted by Crippen LogP contribution is -2.28. The van der Waals surface area contributed by atoms with Crippen LogP contribution >= 0.6 is 0 Å². The van der Waals surface area contributed by atoms with E-state index in [9.17, 15) is 0 Å². The zero-order chi connectivity index (χ0) is 14.1. The summed E-state index contributed by atoms with van der Waals surface area (Å²) in [4.78, 5) is 6.73. The molecule has 0 fully saturated rings. The van der Waals surface area contributed by atoms with Crippen LogP contribution in [0.3, 0.4) is 0 Å². The molecule has 0 aromatic carbocycles. The highest BCUT2D eigenvalue weighted by Gasteiger charge is 2.10. The van der Waals surface area contributed by atoms with Crippen molar-refractivity contribution in [3.63, 3.8) is 0 Å². The molecule has 108 valence electrons. The fourth-order valence-electron chi connectivity index (χ4n) is 2.02. The molecule has 0 saturated carbocycles. The van der Waals surface area contributed by atoms with Gasteiger partial charge in [-0.3, -0.25) is 0 Å². The molecule has 0 atom stereocenters. The number of aliphatic hydroxyl groups excluding tert-OH is 1. The van der Waals surface area contributed by atoms with Gasteiger partial charge in [-0.25, -0.2) is 4.98 Å². The molecule has 4 nitrogen and oxygen atoms in total.